The van der Waals surface area contributed by atoms with E-state index in [9.17, 15) is 5.11 Å². The summed E-state index contributed by atoms with van der Waals surface area (Å²) >= 11 is 12.0. The van der Waals surface area contributed by atoms with Crippen LogP contribution in [0.1, 0.15) is 25.3 Å². The van der Waals surface area contributed by atoms with Crippen molar-refractivity contribution in [2.24, 2.45) is 0 Å². The third kappa shape index (κ3) is 3.76. The largest absolute Gasteiger partial charge is 0.506 e. The quantitative estimate of drug-likeness (QED) is 0.876. The number of nitrogens with one attached hydrogen (secondary N) is 1. The third-order valence-corrected chi connectivity index (χ3v) is 4.05. The van der Waals surface area contributed by atoms with Gasteiger partial charge in [0.2, 0.25) is 0 Å². The zero-order valence-corrected chi connectivity index (χ0v) is 12.6. The highest BCUT2D eigenvalue weighted by Gasteiger charge is 2.23. The van der Waals surface area contributed by atoms with Gasteiger partial charge in [-0.25, -0.2) is 0 Å². The summed E-state index contributed by atoms with van der Waals surface area (Å²) in [7, 11) is 0. The molecular weight excluding hydrogens is 283 g/mol. The number of phenols is 1. The first-order valence-corrected chi connectivity index (χ1v) is 7.49. The minimum atomic E-state index is 0.151. The molecule has 0 amide bonds. The van der Waals surface area contributed by atoms with Crippen molar-refractivity contribution in [1.82, 2.24) is 10.2 Å². The van der Waals surface area contributed by atoms with Gasteiger partial charge in [0.15, 0.2) is 0 Å². The second kappa shape index (κ2) is 6.80. The summed E-state index contributed by atoms with van der Waals surface area (Å²) < 4.78 is 0. The molecule has 1 aliphatic heterocycles. The number of hydrogen-bond acceptors (Lipinski definition) is 3. The van der Waals surface area contributed by atoms with Gasteiger partial charge in [-0.3, -0.25) is 4.90 Å². The lowest BCUT2D eigenvalue weighted by molar-refractivity contribution is 0.197. The Morgan fingerprint density at radius 3 is 2.84 bits per heavy atom. The van der Waals surface area contributed by atoms with Crippen LogP contribution in [0.2, 0.25) is 10.0 Å². The van der Waals surface area contributed by atoms with E-state index < -0.39 is 0 Å². The molecular formula is C14H20Cl2N2O. The van der Waals surface area contributed by atoms with E-state index in [2.05, 4.69) is 17.1 Å². The maximum atomic E-state index is 10.0. The highest BCUT2D eigenvalue weighted by molar-refractivity contribution is 6.35. The average molecular weight is 303 g/mol. The van der Waals surface area contributed by atoms with E-state index in [1.807, 2.05) is 0 Å². The van der Waals surface area contributed by atoms with Gasteiger partial charge in [-0.05, 0) is 38.1 Å². The SMILES string of the molecule is CCCN(Cc1cc(Cl)cc(Cl)c1O)C1CCNC1. The van der Waals surface area contributed by atoms with Gasteiger partial charge >= 0.3 is 0 Å². The van der Waals surface area contributed by atoms with Gasteiger partial charge in [-0.2, -0.15) is 0 Å². The Hall–Kier alpha value is -0.480. The fourth-order valence-electron chi connectivity index (χ4n) is 2.59. The maximum absolute atomic E-state index is 10.0. The molecule has 1 aliphatic rings. The van der Waals surface area contributed by atoms with Crippen LogP contribution in [0.4, 0.5) is 0 Å². The molecule has 0 spiro atoms. The lowest BCUT2D eigenvalue weighted by atomic mass is 10.1. The number of rotatable bonds is 5. The van der Waals surface area contributed by atoms with Crippen molar-refractivity contribution in [2.75, 3.05) is 19.6 Å². The lowest BCUT2D eigenvalue weighted by Gasteiger charge is -2.28. The topological polar surface area (TPSA) is 35.5 Å². The predicted octanol–water partition coefficient (Wildman–Crippen LogP) is 3.27. The fraction of sp³-hybridized carbons (Fsp3) is 0.571. The number of benzene rings is 1. The summed E-state index contributed by atoms with van der Waals surface area (Å²) in [5.74, 6) is 0.151. The highest BCUT2D eigenvalue weighted by atomic mass is 35.5. The van der Waals surface area contributed by atoms with Gasteiger partial charge in [0.25, 0.3) is 0 Å². The minimum Gasteiger partial charge on any atom is -0.506 e. The van der Waals surface area contributed by atoms with E-state index in [0.29, 0.717) is 22.6 Å². The van der Waals surface area contributed by atoms with Gasteiger partial charge in [0, 0.05) is 29.7 Å². The molecule has 3 nitrogen and oxygen atoms in total. The summed E-state index contributed by atoms with van der Waals surface area (Å²) in [6.45, 7) is 5.94. The summed E-state index contributed by atoms with van der Waals surface area (Å²) in [5, 5.41) is 14.3. The molecule has 1 aromatic carbocycles. The van der Waals surface area contributed by atoms with Crippen molar-refractivity contribution in [3.8, 4) is 5.75 Å². The first kappa shape index (κ1) is 14.9. The molecule has 0 bridgehead atoms. The molecule has 2 N–H and O–H groups in total. The standard InChI is InChI=1S/C14H20Cl2N2O/c1-2-5-18(12-3-4-17-8-12)9-10-6-11(15)7-13(16)14(10)19/h6-7,12,17,19H,2-5,8-9H2,1H3. The Morgan fingerprint density at radius 2 is 2.21 bits per heavy atom. The van der Waals surface area contributed by atoms with Crippen LogP contribution in [0.5, 0.6) is 5.75 Å². The number of hydrogen-bond donors (Lipinski definition) is 2. The molecule has 1 atom stereocenters. The molecule has 1 saturated heterocycles. The zero-order chi connectivity index (χ0) is 13.8. The molecule has 1 aromatic rings. The third-order valence-electron chi connectivity index (χ3n) is 3.54. The Kier molecular flexibility index (Phi) is 5.34. The summed E-state index contributed by atoms with van der Waals surface area (Å²) in [5.41, 5.74) is 0.804. The molecule has 19 heavy (non-hydrogen) atoms. The minimum absolute atomic E-state index is 0.151. The number of nitrogens with zero attached hydrogens (tertiary/aromatic N) is 1. The second-order valence-electron chi connectivity index (χ2n) is 5.01. The van der Waals surface area contributed by atoms with Gasteiger partial charge < -0.3 is 10.4 Å². The molecule has 1 heterocycles. The van der Waals surface area contributed by atoms with Crippen LogP contribution in [0.15, 0.2) is 12.1 Å². The van der Waals surface area contributed by atoms with Crippen LogP contribution in [0.25, 0.3) is 0 Å². The van der Waals surface area contributed by atoms with Crippen molar-refractivity contribution in [3.63, 3.8) is 0 Å². The van der Waals surface area contributed by atoms with Crippen LogP contribution in [0, 0.1) is 0 Å². The van der Waals surface area contributed by atoms with E-state index in [0.717, 1.165) is 38.0 Å². The van der Waals surface area contributed by atoms with Crippen molar-refractivity contribution in [3.05, 3.63) is 27.7 Å². The van der Waals surface area contributed by atoms with E-state index in [4.69, 9.17) is 23.2 Å². The smallest absolute Gasteiger partial charge is 0.138 e. The van der Waals surface area contributed by atoms with E-state index in [1.54, 1.807) is 12.1 Å². The van der Waals surface area contributed by atoms with Gasteiger partial charge in [0.05, 0.1) is 5.02 Å². The normalized spacial score (nSPS) is 19.3. The second-order valence-corrected chi connectivity index (χ2v) is 5.86. The van der Waals surface area contributed by atoms with E-state index in [-0.39, 0.29) is 5.75 Å². The highest BCUT2D eigenvalue weighted by Crippen LogP contribution is 2.32. The van der Waals surface area contributed by atoms with Crippen LogP contribution >= 0.6 is 23.2 Å². The Balaban J connectivity index is 2.16. The first-order valence-electron chi connectivity index (χ1n) is 6.73. The number of halogens is 2. The van der Waals surface area contributed by atoms with E-state index >= 15 is 0 Å². The summed E-state index contributed by atoms with van der Waals surface area (Å²) in [4.78, 5) is 2.39. The molecule has 1 unspecified atom stereocenters. The monoisotopic (exact) mass is 302 g/mol. The average Bonchev–Trinajstić information content (AvgIpc) is 2.88. The molecule has 0 saturated carbocycles. The van der Waals surface area contributed by atoms with Gasteiger partial charge in [-0.1, -0.05) is 30.1 Å². The van der Waals surface area contributed by atoms with Crippen LogP contribution < -0.4 is 5.32 Å². The molecule has 2 rings (SSSR count). The van der Waals surface area contributed by atoms with Crippen molar-refractivity contribution in [1.29, 1.82) is 0 Å². The fourth-order valence-corrected chi connectivity index (χ4v) is 3.12. The van der Waals surface area contributed by atoms with Crippen LogP contribution in [-0.4, -0.2) is 35.7 Å². The van der Waals surface area contributed by atoms with Crippen LogP contribution in [0.3, 0.4) is 0 Å². The Labute approximate surface area is 124 Å². The Morgan fingerprint density at radius 1 is 1.42 bits per heavy atom. The molecule has 1 fully saturated rings. The summed E-state index contributed by atoms with van der Waals surface area (Å²) in [6, 6.07) is 3.90. The van der Waals surface area contributed by atoms with Crippen molar-refractivity contribution >= 4 is 23.2 Å². The molecule has 5 heteroatoms. The van der Waals surface area contributed by atoms with Crippen molar-refractivity contribution < 1.29 is 5.11 Å². The van der Waals surface area contributed by atoms with Gasteiger partial charge in [-0.15, -0.1) is 0 Å². The molecule has 0 aliphatic carbocycles. The summed E-state index contributed by atoms with van der Waals surface area (Å²) in [6.07, 6.45) is 2.24. The maximum Gasteiger partial charge on any atom is 0.138 e. The van der Waals surface area contributed by atoms with Crippen LogP contribution in [-0.2, 0) is 6.54 Å². The molecule has 0 radical (unpaired) electrons. The number of aromatic hydroxyl groups is 1. The zero-order valence-electron chi connectivity index (χ0n) is 11.1. The number of phenolic OH excluding ortho intramolecular Hbond substituents is 1. The van der Waals surface area contributed by atoms with E-state index in [1.165, 1.54) is 0 Å². The van der Waals surface area contributed by atoms with Crippen molar-refractivity contribution in [2.45, 2.75) is 32.4 Å². The Bertz CT molecular complexity index is 434. The van der Waals surface area contributed by atoms with Gasteiger partial charge in [0.1, 0.15) is 5.75 Å². The lowest BCUT2D eigenvalue weighted by Crippen LogP contribution is -2.36. The predicted molar refractivity (Wildman–Crippen MR) is 80.1 cm³/mol. The molecule has 106 valence electrons. The molecule has 0 aromatic heterocycles. The first-order chi connectivity index (χ1) is 9.11.